The number of hydrogen-bond donors (Lipinski definition) is 2. The molecule has 38 heavy (non-hydrogen) atoms. The minimum absolute atomic E-state index is 0.504. The molecule has 0 aliphatic carbocycles. The van der Waals surface area contributed by atoms with E-state index in [4.69, 9.17) is 11.5 Å². The minimum atomic E-state index is -0.504. The Bertz CT molecular complexity index is 651. The van der Waals surface area contributed by atoms with E-state index < -0.39 is 11.6 Å². The first kappa shape index (κ1) is 43.2. The summed E-state index contributed by atoms with van der Waals surface area (Å²) in [4.78, 5) is 0. The van der Waals surface area contributed by atoms with Crippen LogP contribution >= 0.6 is 0 Å². The van der Waals surface area contributed by atoms with Crippen LogP contribution in [0.1, 0.15) is 139 Å². The van der Waals surface area contributed by atoms with Crippen LogP contribution < -0.4 is 11.5 Å². The van der Waals surface area contributed by atoms with E-state index in [1.807, 2.05) is 41.5 Å². The fraction of sp³-hybridized carbons (Fsp3) is 0.706. The SMILES string of the molecule is C=C(N)CC(CCC)CCCc1cc(F)cc(F)c1.CC.CC.CC#CC.CCCC(C)CCCCCN. The van der Waals surface area contributed by atoms with E-state index in [1.54, 1.807) is 0 Å². The van der Waals surface area contributed by atoms with Crippen molar-refractivity contribution in [2.24, 2.45) is 23.3 Å². The molecular formula is C34H64F2N2. The highest BCUT2D eigenvalue weighted by Gasteiger charge is 2.09. The zero-order chi connectivity index (χ0) is 30.2. The van der Waals surface area contributed by atoms with Crippen LogP contribution in [0.5, 0.6) is 0 Å². The van der Waals surface area contributed by atoms with Crippen LogP contribution in [0.15, 0.2) is 30.5 Å². The summed E-state index contributed by atoms with van der Waals surface area (Å²) in [6, 6.07) is 3.71. The molecule has 0 bridgehead atoms. The van der Waals surface area contributed by atoms with Gasteiger partial charge in [0, 0.05) is 11.8 Å². The van der Waals surface area contributed by atoms with Crippen molar-refractivity contribution in [3.05, 3.63) is 47.7 Å². The van der Waals surface area contributed by atoms with Crippen molar-refractivity contribution in [2.75, 3.05) is 6.54 Å². The lowest BCUT2D eigenvalue weighted by molar-refractivity contribution is 0.427. The molecule has 0 amide bonds. The Labute approximate surface area is 237 Å². The number of unbranched alkanes of at least 4 members (excludes halogenated alkanes) is 2. The van der Waals surface area contributed by atoms with Crippen LogP contribution in [-0.2, 0) is 6.42 Å². The van der Waals surface area contributed by atoms with Crippen molar-refractivity contribution in [1.29, 1.82) is 0 Å². The second-order valence-corrected chi connectivity index (χ2v) is 9.22. The maximum Gasteiger partial charge on any atom is 0.126 e. The normalized spacial score (nSPS) is 10.7. The Morgan fingerprint density at radius 1 is 0.816 bits per heavy atom. The summed E-state index contributed by atoms with van der Waals surface area (Å²) < 4.78 is 26.1. The van der Waals surface area contributed by atoms with E-state index in [0.29, 0.717) is 12.3 Å². The molecule has 224 valence electrons. The fourth-order valence-electron chi connectivity index (χ4n) is 3.93. The molecule has 4 heteroatoms. The number of allylic oxidation sites excluding steroid dienone is 1. The van der Waals surface area contributed by atoms with Crippen LogP contribution in [0, 0.1) is 35.3 Å². The molecule has 1 aromatic carbocycles. The molecule has 0 radical (unpaired) electrons. The molecule has 0 aromatic heterocycles. The number of benzene rings is 1. The van der Waals surface area contributed by atoms with Gasteiger partial charge < -0.3 is 11.5 Å². The van der Waals surface area contributed by atoms with Gasteiger partial charge in [-0.1, -0.05) is 100.0 Å². The van der Waals surface area contributed by atoms with E-state index in [0.717, 1.165) is 61.9 Å². The second-order valence-electron chi connectivity index (χ2n) is 9.22. The van der Waals surface area contributed by atoms with Crippen LogP contribution in [0.2, 0.25) is 0 Å². The third-order valence-electron chi connectivity index (χ3n) is 5.68. The lowest BCUT2D eigenvalue weighted by Gasteiger charge is -2.15. The predicted octanol–water partition coefficient (Wildman–Crippen LogP) is 10.6. The summed E-state index contributed by atoms with van der Waals surface area (Å²) in [7, 11) is 0. The first-order chi connectivity index (χ1) is 18.2. The molecule has 2 nitrogen and oxygen atoms in total. The van der Waals surface area contributed by atoms with Gasteiger partial charge in [-0.2, -0.15) is 0 Å². The molecule has 2 atom stereocenters. The summed E-state index contributed by atoms with van der Waals surface area (Å²) in [6.07, 6.45) is 13.7. The molecule has 2 unspecified atom stereocenters. The van der Waals surface area contributed by atoms with Crippen molar-refractivity contribution in [2.45, 2.75) is 139 Å². The highest BCUT2D eigenvalue weighted by Crippen LogP contribution is 2.21. The Hall–Kier alpha value is -1.86. The Kier molecular flexibility index (Phi) is 40.0. The lowest BCUT2D eigenvalue weighted by Crippen LogP contribution is -2.07. The van der Waals surface area contributed by atoms with E-state index in [1.165, 1.54) is 50.7 Å². The maximum atomic E-state index is 13.0. The summed E-state index contributed by atoms with van der Waals surface area (Å²) in [5.74, 6) is 5.81. The molecule has 4 N–H and O–H groups in total. The molecule has 0 saturated carbocycles. The van der Waals surface area contributed by atoms with Gasteiger partial charge in [0.1, 0.15) is 11.6 Å². The highest BCUT2D eigenvalue weighted by molar-refractivity contribution is 5.17. The van der Waals surface area contributed by atoms with Crippen LogP contribution in [0.3, 0.4) is 0 Å². The van der Waals surface area contributed by atoms with Crippen LogP contribution in [0.25, 0.3) is 0 Å². The number of nitrogens with two attached hydrogens (primary N) is 2. The van der Waals surface area contributed by atoms with Gasteiger partial charge in [-0.05, 0) is 82.0 Å². The fourth-order valence-corrected chi connectivity index (χ4v) is 3.93. The summed E-state index contributed by atoms with van der Waals surface area (Å²) in [6.45, 7) is 23.0. The molecular weight excluding hydrogens is 474 g/mol. The van der Waals surface area contributed by atoms with Crippen molar-refractivity contribution in [3.8, 4) is 11.8 Å². The topological polar surface area (TPSA) is 52.0 Å². The second kappa shape index (κ2) is 35.1. The van der Waals surface area contributed by atoms with E-state index in [-0.39, 0.29) is 0 Å². The van der Waals surface area contributed by atoms with Gasteiger partial charge in [0.05, 0.1) is 0 Å². The van der Waals surface area contributed by atoms with Gasteiger partial charge >= 0.3 is 0 Å². The minimum Gasteiger partial charge on any atom is -0.403 e. The third-order valence-corrected chi connectivity index (χ3v) is 5.68. The molecule has 1 rings (SSSR count). The first-order valence-electron chi connectivity index (χ1n) is 15.2. The summed E-state index contributed by atoms with van der Waals surface area (Å²) in [5.41, 5.74) is 12.5. The Morgan fingerprint density at radius 3 is 1.76 bits per heavy atom. The smallest absolute Gasteiger partial charge is 0.126 e. The Morgan fingerprint density at radius 2 is 1.34 bits per heavy atom. The molecule has 0 heterocycles. The third kappa shape index (κ3) is 34.1. The first-order valence-corrected chi connectivity index (χ1v) is 15.2. The molecule has 1 aromatic rings. The van der Waals surface area contributed by atoms with Crippen molar-refractivity contribution >= 4 is 0 Å². The zero-order valence-corrected chi connectivity index (χ0v) is 26.7. The molecule has 0 aliphatic heterocycles. The average Bonchev–Trinajstić information content (AvgIpc) is 2.89. The van der Waals surface area contributed by atoms with Gasteiger partial charge in [0.15, 0.2) is 0 Å². The summed E-state index contributed by atoms with van der Waals surface area (Å²) >= 11 is 0. The largest absolute Gasteiger partial charge is 0.403 e. The number of rotatable bonds is 15. The molecule has 0 saturated heterocycles. The number of hydrogen-bond acceptors (Lipinski definition) is 2. The quantitative estimate of drug-likeness (QED) is 0.172. The lowest BCUT2D eigenvalue weighted by atomic mass is 9.92. The standard InChI is InChI=1S/C16H23F2N.C10H23N.C4H6.2C2H6/c1-3-5-13(8-12(2)19)6-4-7-14-9-15(17)11-16(18)10-14;1-3-7-10(2)8-5-4-6-9-11;1-3-4-2;2*1-2/h9-11,13H,2-8,19H2,1H3;10H,3-9,11H2,1-2H3;1-2H3;2*1-2H3. The number of halogens is 2. The average molecular weight is 539 g/mol. The Balaban J connectivity index is -0.000000257. The van der Waals surface area contributed by atoms with Gasteiger partial charge in [-0.3, -0.25) is 0 Å². The van der Waals surface area contributed by atoms with Gasteiger partial charge in [-0.25, -0.2) is 8.78 Å². The zero-order valence-electron chi connectivity index (χ0n) is 26.7. The van der Waals surface area contributed by atoms with E-state index >= 15 is 0 Å². The van der Waals surface area contributed by atoms with Crippen molar-refractivity contribution < 1.29 is 8.78 Å². The molecule has 0 aliphatic rings. The van der Waals surface area contributed by atoms with Gasteiger partial charge in [-0.15, -0.1) is 11.8 Å². The number of aryl methyl sites for hydroxylation is 1. The highest BCUT2D eigenvalue weighted by atomic mass is 19.1. The monoisotopic (exact) mass is 539 g/mol. The summed E-state index contributed by atoms with van der Waals surface area (Å²) in [5, 5.41) is 0. The van der Waals surface area contributed by atoms with Gasteiger partial charge in [0.2, 0.25) is 0 Å². The predicted molar refractivity (Wildman–Crippen MR) is 169 cm³/mol. The molecule has 0 spiro atoms. The van der Waals surface area contributed by atoms with Crippen LogP contribution in [-0.4, -0.2) is 6.54 Å². The van der Waals surface area contributed by atoms with Gasteiger partial charge in [0.25, 0.3) is 0 Å². The van der Waals surface area contributed by atoms with E-state index in [2.05, 4.69) is 39.2 Å². The molecule has 0 fully saturated rings. The van der Waals surface area contributed by atoms with Crippen LogP contribution in [0.4, 0.5) is 8.78 Å². The van der Waals surface area contributed by atoms with E-state index in [9.17, 15) is 8.78 Å². The van der Waals surface area contributed by atoms with Crippen molar-refractivity contribution in [3.63, 3.8) is 0 Å². The maximum absolute atomic E-state index is 13.0. The van der Waals surface area contributed by atoms with Crippen molar-refractivity contribution in [1.82, 2.24) is 0 Å².